The van der Waals surface area contributed by atoms with Gasteiger partial charge in [-0.1, -0.05) is 17.7 Å². The summed E-state index contributed by atoms with van der Waals surface area (Å²) in [5.74, 6) is -2.48. The maximum Gasteiger partial charge on any atom is 0.323 e. The quantitative estimate of drug-likeness (QED) is 0.880. The summed E-state index contributed by atoms with van der Waals surface area (Å²) in [6.45, 7) is 0.979. The largest absolute Gasteiger partial charge is 0.480 e. The topological polar surface area (TPSA) is 83.5 Å². The van der Waals surface area contributed by atoms with Crippen molar-refractivity contribution in [2.24, 2.45) is 0 Å². The monoisotopic (exact) mass is 281 g/mol. The third-order valence-electron chi connectivity index (χ3n) is 2.02. The maximum absolute atomic E-state index is 13.4. The van der Waals surface area contributed by atoms with Gasteiger partial charge in [0.1, 0.15) is 0 Å². The van der Waals surface area contributed by atoms with Crippen LogP contribution in [-0.2, 0) is 14.8 Å². The van der Waals surface area contributed by atoms with E-state index in [1.54, 1.807) is 0 Å². The predicted molar refractivity (Wildman–Crippen MR) is 61.1 cm³/mol. The van der Waals surface area contributed by atoms with Crippen LogP contribution in [0, 0.1) is 5.82 Å². The molecule has 1 atom stereocenters. The summed E-state index contributed by atoms with van der Waals surface area (Å²) in [6, 6.07) is 3.73. The first-order valence-electron chi connectivity index (χ1n) is 4.44. The Balaban J connectivity index is 3.07. The van der Waals surface area contributed by atoms with Crippen LogP contribution >= 0.6 is 11.6 Å². The summed E-state index contributed by atoms with van der Waals surface area (Å²) >= 11 is 5.46. The van der Waals surface area contributed by atoms with Crippen molar-refractivity contribution in [3.63, 3.8) is 0 Å². The fraction of sp³-hybridized carbons (Fsp3) is 0.222. The Morgan fingerprint density at radius 3 is 2.65 bits per heavy atom. The number of aliphatic carboxylic acids is 1. The molecule has 1 unspecified atom stereocenters. The van der Waals surface area contributed by atoms with Crippen molar-refractivity contribution >= 4 is 33.3 Å². The summed E-state index contributed by atoms with van der Waals surface area (Å²) in [5, 5.41) is 6.63. The van der Waals surface area contributed by atoms with E-state index < -0.39 is 27.1 Å². The van der Waals surface area contributed by atoms with Crippen LogP contribution in [0.2, 0.25) is 5.02 Å². The van der Waals surface area contributed by atoms with E-state index in [0.717, 1.165) is 13.0 Å². The van der Waals surface area contributed by atoms with Gasteiger partial charge in [-0.25, -0.2) is 12.8 Å². The highest BCUT2D eigenvalue weighted by atomic mass is 35.5. The highest BCUT2D eigenvalue weighted by molar-refractivity contribution is 7.94. The molecule has 0 fully saturated rings. The third-order valence-corrected chi connectivity index (χ3v) is 3.95. The molecule has 1 rings (SSSR count). The van der Waals surface area contributed by atoms with Gasteiger partial charge in [-0.3, -0.25) is 9.52 Å². The summed E-state index contributed by atoms with van der Waals surface area (Å²) in [5.41, 5.74) is -0.384. The van der Waals surface area contributed by atoms with Gasteiger partial charge in [0.2, 0.25) is 10.0 Å². The smallest absolute Gasteiger partial charge is 0.323 e. The minimum absolute atomic E-state index is 0.256. The number of hydrogen-bond donors (Lipinski definition) is 2. The molecule has 0 aromatic heterocycles. The van der Waals surface area contributed by atoms with Gasteiger partial charge in [0.15, 0.2) is 11.1 Å². The van der Waals surface area contributed by atoms with Crippen molar-refractivity contribution in [3.05, 3.63) is 29.0 Å². The second-order valence-electron chi connectivity index (χ2n) is 3.23. The zero-order chi connectivity index (χ0) is 13.2. The van der Waals surface area contributed by atoms with E-state index >= 15 is 0 Å². The first-order chi connectivity index (χ1) is 7.75. The number of benzene rings is 1. The van der Waals surface area contributed by atoms with E-state index in [0.29, 0.717) is 0 Å². The van der Waals surface area contributed by atoms with E-state index in [2.05, 4.69) is 0 Å². The number of carbonyl (C=O) groups is 1. The lowest BCUT2D eigenvalue weighted by Crippen LogP contribution is -2.32. The Kier molecular flexibility index (Phi) is 3.94. The van der Waals surface area contributed by atoms with Crippen molar-refractivity contribution in [2.75, 3.05) is 4.72 Å². The molecule has 0 aliphatic rings. The molecule has 0 aliphatic carbocycles. The molecule has 2 N–H and O–H groups in total. The molecule has 94 valence electrons. The van der Waals surface area contributed by atoms with Crippen LogP contribution in [0.25, 0.3) is 0 Å². The van der Waals surface area contributed by atoms with E-state index in [9.17, 15) is 17.6 Å². The minimum atomic E-state index is -4.20. The van der Waals surface area contributed by atoms with Crippen molar-refractivity contribution in [2.45, 2.75) is 12.2 Å². The van der Waals surface area contributed by atoms with Gasteiger partial charge in [0.05, 0.1) is 10.7 Å². The van der Waals surface area contributed by atoms with Crippen LogP contribution in [0.4, 0.5) is 10.1 Å². The Bertz CT molecular complexity index is 546. The van der Waals surface area contributed by atoms with Crippen LogP contribution in [0.1, 0.15) is 6.92 Å². The number of carboxylic acid groups (broad SMARTS) is 1. The molecule has 5 nitrogen and oxygen atoms in total. The van der Waals surface area contributed by atoms with Crippen LogP contribution in [0.5, 0.6) is 0 Å². The van der Waals surface area contributed by atoms with E-state index in [1.165, 1.54) is 12.1 Å². The molecular weight excluding hydrogens is 273 g/mol. The SMILES string of the molecule is CC(C(=O)O)S(=O)(=O)Nc1cccc(Cl)c1F. The van der Waals surface area contributed by atoms with E-state index in [4.69, 9.17) is 16.7 Å². The van der Waals surface area contributed by atoms with Crippen molar-refractivity contribution in [1.29, 1.82) is 0 Å². The average molecular weight is 282 g/mol. The molecule has 0 saturated heterocycles. The Morgan fingerprint density at radius 1 is 1.53 bits per heavy atom. The predicted octanol–water partition coefficient (Wildman–Crippen LogP) is 1.69. The van der Waals surface area contributed by atoms with E-state index in [1.807, 2.05) is 4.72 Å². The molecule has 1 aromatic rings. The zero-order valence-corrected chi connectivity index (χ0v) is 10.2. The normalized spacial score (nSPS) is 13.1. The number of carboxylic acids is 1. The zero-order valence-electron chi connectivity index (χ0n) is 8.65. The third kappa shape index (κ3) is 3.07. The second kappa shape index (κ2) is 4.89. The molecule has 8 heteroatoms. The van der Waals surface area contributed by atoms with Gasteiger partial charge in [0, 0.05) is 0 Å². The lowest BCUT2D eigenvalue weighted by atomic mass is 10.3. The minimum Gasteiger partial charge on any atom is -0.480 e. The van der Waals surface area contributed by atoms with Crippen LogP contribution in [0.15, 0.2) is 18.2 Å². The van der Waals surface area contributed by atoms with Gasteiger partial charge in [0.25, 0.3) is 0 Å². The van der Waals surface area contributed by atoms with Crippen molar-refractivity contribution in [3.8, 4) is 0 Å². The van der Waals surface area contributed by atoms with Gasteiger partial charge in [-0.2, -0.15) is 0 Å². The number of rotatable bonds is 4. The Morgan fingerprint density at radius 2 is 2.12 bits per heavy atom. The first-order valence-corrected chi connectivity index (χ1v) is 6.36. The molecule has 0 amide bonds. The number of halogens is 2. The van der Waals surface area contributed by atoms with Gasteiger partial charge in [-0.15, -0.1) is 0 Å². The molecule has 0 aliphatic heterocycles. The van der Waals surface area contributed by atoms with Gasteiger partial charge in [-0.05, 0) is 19.1 Å². The Hall–Kier alpha value is -1.34. The molecule has 1 aromatic carbocycles. The summed E-state index contributed by atoms with van der Waals surface area (Å²) in [4.78, 5) is 10.5. The highest BCUT2D eigenvalue weighted by Crippen LogP contribution is 2.23. The second-order valence-corrected chi connectivity index (χ2v) is 5.64. The molecule has 0 spiro atoms. The van der Waals surface area contributed by atoms with Crippen LogP contribution in [-0.4, -0.2) is 24.7 Å². The average Bonchev–Trinajstić information content (AvgIpc) is 2.23. The molecule has 0 radical (unpaired) electrons. The van der Waals surface area contributed by atoms with E-state index in [-0.39, 0.29) is 10.7 Å². The number of hydrogen-bond acceptors (Lipinski definition) is 3. The molecule has 0 bridgehead atoms. The molecular formula is C9H9ClFNO4S. The molecule has 0 saturated carbocycles. The first kappa shape index (κ1) is 13.7. The van der Waals surface area contributed by atoms with Crippen LogP contribution in [0.3, 0.4) is 0 Å². The summed E-state index contributed by atoms with van der Waals surface area (Å²) in [6.07, 6.45) is 0. The fourth-order valence-electron chi connectivity index (χ4n) is 0.957. The maximum atomic E-state index is 13.4. The highest BCUT2D eigenvalue weighted by Gasteiger charge is 2.28. The lowest BCUT2D eigenvalue weighted by Gasteiger charge is -2.12. The fourth-order valence-corrected chi connectivity index (χ4v) is 2.04. The molecule has 17 heavy (non-hydrogen) atoms. The number of nitrogens with one attached hydrogen (secondary N) is 1. The van der Waals surface area contributed by atoms with Gasteiger partial charge >= 0.3 is 5.97 Å². The van der Waals surface area contributed by atoms with Gasteiger partial charge < -0.3 is 5.11 Å². The van der Waals surface area contributed by atoms with Crippen LogP contribution < -0.4 is 4.72 Å². The molecule has 0 heterocycles. The van der Waals surface area contributed by atoms with Crippen molar-refractivity contribution in [1.82, 2.24) is 0 Å². The number of anilines is 1. The van der Waals surface area contributed by atoms with Crippen molar-refractivity contribution < 1.29 is 22.7 Å². The lowest BCUT2D eigenvalue weighted by molar-refractivity contribution is -0.136. The standard InChI is InChI=1S/C9H9ClFNO4S/c1-5(9(13)14)17(15,16)12-7-4-2-3-6(10)8(7)11/h2-5,12H,1H3,(H,13,14). The number of sulfonamides is 1. The summed E-state index contributed by atoms with van der Waals surface area (Å²) in [7, 11) is -4.20. The summed E-state index contributed by atoms with van der Waals surface area (Å²) < 4.78 is 38.2. The Labute approximate surface area is 102 Å².